The molecule has 0 saturated heterocycles. The quantitative estimate of drug-likeness (QED) is 0.890. The van der Waals surface area contributed by atoms with Crippen molar-refractivity contribution in [2.45, 2.75) is 13.0 Å². The van der Waals surface area contributed by atoms with Crippen molar-refractivity contribution < 1.29 is 18.4 Å². The van der Waals surface area contributed by atoms with Crippen molar-refractivity contribution in [2.75, 3.05) is 13.6 Å². The van der Waals surface area contributed by atoms with Gasteiger partial charge >= 0.3 is 0 Å². The fourth-order valence-corrected chi connectivity index (χ4v) is 1.92. The van der Waals surface area contributed by atoms with Crippen LogP contribution in [-0.2, 0) is 11.3 Å². The minimum atomic E-state index is -0.348. The van der Waals surface area contributed by atoms with Crippen molar-refractivity contribution in [3.8, 4) is 0 Å². The van der Waals surface area contributed by atoms with Gasteiger partial charge in [-0.2, -0.15) is 0 Å². The van der Waals surface area contributed by atoms with E-state index in [1.807, 2.05) is 0 Å². The average Bonchev–Trinajstić information content (AvgIpc) is 3.03. The first-order chi connectivity index (χ1) is 10.6. The standard InChI is InChI=1S/C16H17FN2O3/c1-19(11-12-4-6-13(17)7-5-12)15(20)8-9-18-16(21)14-3-2-10-22-14/h2-7,10H,8-9,11H2,1H3,(H,18,21). The number of carbonyl (C=O) groups is 2. The zero-order chi connectivity index (χ0) is 15.9. The summed E-state index contributed by atoms with van der Waals surface area (Å²) in [4.78, 5) is 25.1. The summed E-state index contributed by atoms with van der Waals surface area (Å²) >= 11 is 0. The van der Waals surface area contributed by atoms with Crippen molar-refractivity contribution in [2.24, 2.45) is 0 Å². The number of hydrogen-bond acceptors (Lipinski definition) is 3. The van der Waals surface area contributed by atoms with Crippen LogP contribution in [0.2, 0.25) is 0 Å². The van der Waals surface area contributed by atoms with E-state index >= 15 is 0 Å². The van der Waals surface area contributed by atoms with Gasteiger partial charge in [0.2, 0.25) is 5.91 Å². The molecule has 1 N–H and O–H groups in total. The molecule has 1 aromatic heterocycles. The molecule has 116 valence electrons. The van der Waals surface area contributed by atoms with Crippen LogP contribution < -0.4 is 5.32 Å². The summed E-state index contributed by atoms with van der Waals surface area (Å²) in [6.07, 6.45) is 1.60. The number of hydrogen-bond donors (Lipinski definition) is 1. The monoisotopic (exact) mass is 304 g/mol. The molecule has 0 radical (unpaired) electrons. The normalized spacial score (nSPS) is 10.3. The Morgan fingerprint density at radius 2 is 1.95 bits per heavy atom. The van der Waals surface area contributed by atoms with Crippen molar-refractivity contribution in [1.82, 2.24) is 10.2 Å². The fourth-order valence-electron chi connectivity index (χ4n) is 1.92. The summed E-state index contributed by atoms with van der Waals surface area (Å²) in [5.74, 6) is -0.548. The maximum Gasteiger partial charge on any atom is 0.286 e. The second-order valence-electron chi connectivity index (χ2n) is 4.86. The van der Waals surface area contributed by atoms with Gasteiger partial charge in [0.25, 0.3) is 5.91 Å². The van der Waals surface area contributed by atoms with Gasteiger partial charge in [-0.05, 0) is 29.8 Å². The van der Waals surface area contributed by atoms with E-state index in [0.717, 1.165) is 5.56 Å². The van der Waals surface area contributed by atoms with E-state index in [0.29, 0.717) is 6.54 Å². The van der Waals surface area contributed by atoms with Crippen LogP contribution in [0.25, 0.3) is 0 Å². The Morgan fingerprint density at radius 1 is 1.23 bits per heavy atom. The first-order valence-electron chi connectivity index (χ1n) is 6.86. The number of nitrogens with zero attached hydrogens (tertiary/aromatic N) is 1. The topological polar surface area (TPSA) is 62.6 Å². The lowest BCUT2D eigenvalue weighted by Gasteiger charge is -2.17. The molecular weight excluding hydrogens is 287 g/mol. The number of carbonyl (C=O) groups excluding carboxylic acids is 2. The second kappa shape index (κ2) is 7.40. The molecule has 5 nitrogen and oxygen atoms in total. The molecule has 0 bridgehead atoms. The van der Waals surface area contributed by atoms with E-state index in [2.05, 4.69) is 5.32 Å². The van der Waals surface area contributed by atoms with Crippen molar-refractivity contribution >= 4 is 11.8 Å². The average molecular weight is 304 g/mol. The van der Waals surface area contributed by atoms with E-state index in [1.165, 1.54) is 23.3 Å². The van der Waals surface area contributed by atoms with Crippen LogP contribution in [0.15, 0.2) is 47.1 Å². The Balaban J connectivity index is 1.74. The van der Waals surface area contributed by atoms with Crippen molar-refractivity contribution in [3.05, 3.63) is 59.8 Å². The van der Waals surface area contributed by atoms with Gasteiger partial charge in [-0.15, -0.1) is 0 Å². The molecule has 0 aliphatic rings. The highest BCUT2D eigenvalue weighted by atomic mass is 19.1. The van der Waals surface area contributed by atoms with Crippen LogP contribution in [0.3, 0.4) is 0 Å². The predicted molar refractivity (Wildman–Crippen MR) is 78.5 cm³/mol. The van der Waals surface area contributed by atoms with E-state index in [1.54, 1.807) is 31.3 Å². The third-order valence-electron chi connectivity index (χ3n) is 3.13. The van der Waals surface area contributed by atoms with Gasteiger partial charge in [-0.25, -0.2) is 4.39 Å². The Hall–Kier alpha value is -2.63. The van der Waals surface area contributed by atoms with Gasteiger partial charge in [0.15, 0.2) is 5.76 Å². The zero-order valence-electron chi connectivity index (χ0n) is 12.2. The largest absolute Gasteiger partial charge is 0.459 e. The highest BCUT2D eigenvalue weighted by Crippen LogP contribution is 2.06. The van der Waals surface area contributed by atoms with Gasteiger partial charge in [0.05, 0.1) is 6.26 Å². The molecule has 0 saturated carbocycles. The SMILES string of the molecule is CN(Cc1ccc(F)cc1)C(=O)CCNC(=O)c1ccco1. The second-order valence-corrected chi connectivity index (χ2v) is 4.86. The van der Waals surface area contributed by atoms with Crippen LogP contribution in [0, 0.1) is 5.82 Å². The van der Waals surface area contributed by atoms with E-state index in [4.69, 9.17) is 4.42 Å². The molecule has 1 aromatic carbocycles. The predicted octanol–water partition coefficient (Wildman–Crippen LogP) is 2.20. The van der Waals surface area contributed by atoms with Gasteiger partial charge in [0, 0.05) is 26.6 Å². The highest BCUT2D eigenvalue weighted by Gasteiger charge is 2.12. The molecule has 0 aliphatic heterocycles. The Morgan fingerprint density at radius 3 is 2.59 bits per heavy atom. The van der Waals surface area contributed by atoms with Gasteiger partial charge in [-0.3, -0.25) is 9.59 Å². The molecule has 2 rings (SSSR count). The Bertz CT molecular complexity index is 623. The molecule has 0 fully saturated rings. The molecular formula is C16H17FN2O3. The number of furan rings is 1. The van der Waals surface area contributed by atoms with Crippen LogP contribution in [0.1, 0.15) is 22.5 Å². The minimum absolute atomic E-state index is 0.107. The molecule has 6 heteroatoms. The fraction of sp³-hybridized carbons (Fsp3) is 0.250. The van der Waals surface area contributed by atoms with Gasteiger partial charge in [0.1, 0.15) is 5.82 Å². The first-order valence-corrected chi connectivity index (χ1v) is 6.86. The molecule has 0 aliphatic carbocycles. The number of rotatable bonds is 6. The molecule has 0 spiro atoms. The molecule has 2 aromatic rings. The van der Waals surface area contributed by atoms with Crippen LogP contribution in [-0.4, -0.2) is 30.3 Å². The lowest BCUT2D eigenvalue weighted by Crippen LogP contribution is -2.31. The third-order valence-corrected chi connectivity index (χ3v) is 3.13. The first kappa shape index (κ1) is 15.8. The summed E-state index contributed by atoms with van der Waals surface area (Å²) < 4.78 is 17.8. The lowest BCUT2D eigenvalue weighted by atomic mass is 10.2. The van der Waals surface area contributed by atoms with Crippen LogP contribution >= 0.6 is 0 Å². The number of halogens is 1. The maximum atomic E-state index is 12.8. The lowest BCUT2D eigenvalue weighted by molar-refractivity contribution is -0.130. The maximum absolute atomic E-state index is 12.8. The Kier molecular flexibility index (Phi) is 5.30. The molecule has 2 amide bonds. The summed E-state index contributed by atoms with van der Waals surface area (Å²) in [5, 5.41) is 2.61. The number of amides is 2. The van der Waals surface area contributed by atoms with Crippen LogP contribution in [0.4, 0.5) is 4.39 Å². The minimum Gasteiger partial charge on any atom is -0.459 e. The number of nitrogens with one attached hydrogen (secondary N) is 1. The van der Waals surface area contributed by atoms with Crippen molar-refractivity contribution in [1.29, 1.82) is 0 Å². The summed E-state index contributed by atoms with van der Waals surface area (Å²) in [6, 6.07) is 9.17. The van der Waals surface area contributed by atoms with Crippen LogP contribution in [0.5, 0.6) is 0 Å². The molecule has 0 atom stereocenters. The molecule has 0 unspecified atom stereocenters. The Labute approximate surface area is 127 Å². The number of benzene rings is 1. The summed E-state index contributed by atoms with van der Waals surface area (Å²) in [7, 11) is 1.67. The smallest absolute Gasteiger partial charge is 0.286 e. The van der Waals surface area contributed by atoms with Crippen molar-refractivity contribution in [3.63, 3.8) is 0 Å². The molecule has 22 heavy (non-hydrogen) atoms. The summed E-state index contributed by atoms with van der Waals surface area (Å²) in [5.41, 5.74) is 0.844. The summed E-state index contributed by atoms with van der Waals surface area (Å²) in [6.45, 7) is 0.622. The third kappa shape index (κ3) is 4.44. The zero-order valence-corrected chi connectivity index (χ0v) is 12.2. The molecule has 1 heterocycles. The van der Waals surface area contributed by atoms with E-state index in [9.17, 15) is 14.0 Å². The van der Waals surface area contributed by atoms with Gasteiger partial charge < -0.3 is 14.6 Å². The van der Waals surface area contributed by atoms with Gasteiger partial charge in [-0.1, -0.05) is 12.1 Å². The van der Waals surface area contributed by atoms with E-state index < -0.39 is 0 Å². The highest BCUT2D eigenvalue weighted by molar-refractivity contribution is 5.91. The van der Waals surface area contributed by atoms with E-state index in [-0.39, 0.29) is 36.4 Å².